The van der Waals surface area contributed by atoms with E-state index in [4.69, 9.17) is 16.3 Å². The number of esters is 1. The Hall–Kier alpha value is -1.94. The van der Waals surface area contributed by atoms with E-state index < -0.39 is 11.8 Å². The van der Waals surface area contributed by atoms with Gasteiger partial charge in [-0.05, 0) is 31.2 Å². The van der Waals surface area contributed by atoms with Crippen molar-refractivity contribution in [1.29, 1.82) is 0 Å². The molecule has 0 aliphatic heterocycles. The molecule has 1 heterocycles. The smallest absolute Gasteiger partial charge is 0.362 e. The van der Waals surface area contributed by atoms with Crippen molar-refractivity contribution in [1.82, 2.24) is 4.98 Å². The van der Waals surface area contributed by atoms with Crippen LogP contribution in [0.15, 0.2) is 36.5 Å². The molecule has 0 amide bonds. The van der Waals surface area contributed by atoms with Crippen LogP contribution in [0.2, 0.25) is 5.02 Å². The lowest BCUT2D eigenvalue weighted by Crippen LogP contribution is -2.11. The summed E-state index contributed by atoms with van der Waals surface area (Å²) in [6.07, 6.45) is 1.48. The molecule has 2 rings (SSSR count). The molecule has 92 valence electrons. The van der Waals surface area contributed by atoms with Gasteiger partial charge >= 0.3 is 5.97 Å². The first-order valence-corrected chi connectivity index (χ1v) is 5.55. The number of halogens is 2. The Balaban J connectivity index is 2.26. The first-order valence-electron chi connectivity index (χ1n) is 5.17. The second-order valence-corrected chi connectivity index (χ2v) is 4.00. The summed E-state index contributed by atoms with van der Waals surface area (Å²) >= 11 is 5.61. The zero-order valence-corrected chi connectivity index (χ0v) is 10.2. The van der Waals surface area contributed by atoms with Crippen LogP contribution in [0.1, 0.15) is 16.1 Å². The van der Waals surface area contributed by atoms with Crippen molar-refractivity contribution in [3.8, 4) is 5.75 Å². The maximum absolute atomic E-state index is 13.5. The summed E-state index contributed by atoms with van der Waals surface area (Å²) < 4.78 is 18.6. The van der Waals surface area contributed by atoms with Gasteiger partial charge < -0.3 is 4.74 Å². The minimum Gasteiger partial charge on any atom is -0.421 e. The Bertz CT molecular complexity index is 587. The number of benzene rings is 1. The van der Waals surface area contributed by atoms with Gasteiger partial charge in [-0.2, -0.15) is 0 Å². The van der Waals surface area contributed by atoms with Gasteiger partial charge in [0.25, 0.3) is 0 Å². The molecule has 18 heavy (non-hydrogen) atoms. The number of carbonyl (C=O) groups is 1. The molecule has 0 spiro atoms. The van der Waals surface area contributed by atoms with Crippen LogP contribution in [0.25, 0.3) is 0 Å². The highest BCUT2D eigenvalue weighted by Crippen LogP contribution is 2.26. The monoisotopic (exact) mass is 265 g/mol. The van der Waals surface area contributed by atoms with E-state index in [9.17, 15) is 9.18 Å². The third kappa shape index (κ3) is 2.49. The quantitative estimate of drug-likeness (QED) is 0.617. The molecule has 0 bridgehead atoms. The molecule has 1 aromatic heterocycles. The van der Waals surface area contributed by atoms with Crippen molar-refractivity contribution in [2.45, 2.75) is 6.92 Å². The number of hydrogen-bond acceptors (Lipinski definition) is 3. The molecule has 0 aliphatic carbocycles. The highest BCUT2D eigenvalue weighted by atomic mass is 35.5. The molecular formula is C13H9ClFNO2. The van der Waals surface area contributed by atoms with Gasteiger partial charge in [-0.3, -0.25) is 0 Å². The van der Waals surface area contributed by atoms with E-state index >= 15 is 0 Å². The van der Waals surface area contributed by atoms with Crippen LogP contribution in [0.4, 0.5) is 4.39 Å². The van der Waals surface area contributed by atoms with E-state index in [1.807, 2.05) is 0 Å². The van der Waals surface area contributed by atoms with E-state index in [-0.39, 0.29) is 22.0 Å². The molecule has 0 saturated heterocycles. The van der Waals surface area contributed by atoms with E-state index in [0.29, 0.717) is 0 Å². The van der Waals surface area contributed by atoms with Crippen molar-refractivity contribution in [3.05, 3.63) is 58.6 Å². The molecule has 0 fully saturated rings. The topological polar surface area (TPSA) is 39.2 Å². The van der Waals surface area contributed by atoms with Gasteiger partial charge in [0.1, 0.15) is 17.3 Å². The fraction of sp³-hybridized carbons (Fsp3) is 0.0769. The van der Waals surface area contributed by atoms with Gasteiger partial charge in [0.2, 0.25) is 0 Å². The average Bonchev–Trinajstić information content (AvgIpc) is 2.40. The number of ether oxygens (including phenoxy) is 1. The number of pyridine rings is 1. The second-order valence-electron chi connectivity index (χ2n) is 3.59. The lowest BCUT2D eigenvalue weighted by molar-refractivity contribution is 0.0727. The predicted octanol–water partition coefficient (Wildman–Crippen LogP) is 3.40. The van der Waals surface area contributed by atoms with E-state index in [0.717, 1.165) is 0 Å². The molecule has 1 aromatic carbocycles. The zero-order valence-electron chi connectivity index (χ0n) is 9.48. The van der Waals surface area contributed by atoms with Crippen molar-refractivity contribution in [2.75, 3.05) is 0 Å². The van der Waals surface area contributed by atoms with Crippen molar-refractivity contribution >= 4 is 17.6 Å². The highest BCUT2D eigenvalue weighted by molar-refractivity contribution is 6.30. The predicted molar refractivity (Wildman–Crippen MR) is 65.3 cm³/mol. The summed E-state index contributed by atoms with van der Waals surface area (Å²) in [7, 11) is 0. The largest absolute Gasteiger partial charge is 0.421 e. The van der Waals surface area contributed by atoms with Crippen LogP contribution in [0.3, 0.4) is 0 Å². The Labute approximate surface area is 108 Å². The number of nitrogens with zero attached hydrogens (tertiary/aromatic N) is 1. The minimum absolute atomic E-state index is 0.00913. The van der Waals surface area contributed by atoms with Crippen LogP contribution >= 0.6 is 11.6 Å². The lowest BCUT2D eigenvalue weighted by atomic mass is 10.2. The second kappa shape index (κ2) is 5.14. The SMILES string of the molecule is Cc1c(OC(=O)c2ccccn2)ccc(Cl)c1F. The van der Waals surface area contributed by atoms with Crippen molar-refractivity contribution in [2.24, 2.45) is 0 Å². The van der Waals surface area contributed by atoms with Crippen molar-refractivity contribution < 1.29 is 13.9 Å². The maximum Gasteiger partial charge on any atom is 0.362 e. The van der Waals surface area contributed by atoms with Gasteiger partial charge in [-0.15, -0.1) is 0 Å². The van der Waals surface area contributed by atoms with Gasteiger partial charge in [-0.1, -0.05) is 17.7 Å². The first kappa shape index (κ1) is 12.5. The standard InChI is InChI=1S/C13H9ClFNO2/c1-8-11(6-5-9(14)12(8)15)18-13(17)10-4-2-3-7-16-10/h2-7H,1H3. The summed E-state index contributed by atoms with van der Waals surface area (Å²) in [6.45, 7) is 1.49. The normalized spacial score (nSPS) is 10.2. The Kier molecular flexibility index (Phi) is 3.58. The summed E-state index contributed by atoms with van der Waals surface area (Å²) in [5.74, 6) is -1.10. The number of carbonyl (C=O) groups excluding carboxylic acids is 1. The molecular weight excluding hydrogens is 257 g/mol. The third-order valence-corrected chi connectivity index (χ3v) is 2.66. The van der Waals surface area contributed by atoms with Crippen LogP contribution < -0.4 is 4.74 Å². The molecule has 0 radical (unpaired) electrons. The van der Waals surface area contributed by atoms with E-state index in [2.05, 4.69) is 4.98 Å². The minimum atomic E-state index is -0.638. The Morgan fingerprint density at radius 3 is 2.78 bits per heavy atom. The fourth-order valence-corrected chi connectivity index (χ4v) is 1.59. The highest BCUT2D eigenvalue weighted by Gasteiger charge is 2.14. The summed E-state index contributed by atoms with van der Waals surface area (Å²) in [4.78, 5) is 15.6. The molecule has 0 atom stereocenters. The summed E-state index contributed by atoms with van der Waals surface area (Å²) in [5, 5.41) is -0.00913. The molecule has 3 nitrogen and oxygen atoms in total. The number of rotatable bonds is 2. The zero-order chi connectivity index (χ0) is 13.1. The molecule has 0 saturated carbocycles. The Morgan fingerprint density at radius 1 is 1.33 bits per heavy atom. The van der Waals surface area contributed by atoms with Gasteiger partial charge in [0.05, 0.1) is 5.02 Å². The molecule has 2 aromatic rings. The van der Waals surface area contributed by atoms with Gasteiger partial charge in [0, 0.05) is 11.8 Å². The van der Waals surface area contributed by atoms with E-state index in [1.54, 1.807) is 12.1 Å². The third-order valence-electron chi connectivity index (χ3n) is 2.37. The molecule has 0 unspecified atom stereocenters. The maximum atomic E-state index is 13.5. The van der Waals surface area contributed by atoms with Crippen LogP contribution in [0, 0.1) is 12.7 Å². The molecule has 0 aliphatic rings. The van der Waals surface area contributed by atoms with Crippen molar-refractivity contribution in [3.63, 3.8) is 0 Å². The van der Waals surface area contributed by atoms with Crippen LogP contribution in [0.5, 0.6) is 5.75 Å². The number of hydrogen-bond donors (Lipinski definition) is 0. The van der Waals surface area contributed by atoms with Gasteiger partial charge in [0.15, 0.2) is 0 Å². The fourth-order valence-electron chi connectivity index (χ4n) is 1.38. The summed E-state index contributed by atoms with van der Waals surface area (Å²) in [5.41, 5.74) is 0.346. The van der Waals surface area contributed by atoms with E-state index in [1.165, 1.54) is 31.3 Å². The lowest BCUT2D eigenvalue weighted by Gasteiger charge is -2.08. The average molecular weight is 266 g/mol. The van der Waals surface area contributed by atoms with Gasteiger partial charge in [-0.25, -0.2) is 14.2 Å². The van der Waals surface area contributed by atoms with Crippen LogP contribution in [-0.2, 0) is 0 Å². The first-order chi connectivity index (χ1) is 8.59. The molecule has 5 heteroatoms. The summed E-state index contributed by atoms with van der Waals surface area (Å²) in [6, 6.07) is 7.65. The molecule has 0 N–H and O–H groups in total. The van der Waals surface area contributed by atoms with Crippen LogP contribution in [-0.4, -0.2) is 11.0 Å². The Morgan fingerprint density at radius 2 is 2.11 bits per heavy atom. The number of aromatic nitrogens is 1.